The minimum Gasteiger partial charge on any atom is -0.478 e. The Morgan fingerprint density at radius 3 is 2.50 bits per heavy atom. The number of allylic oxidation sites excluding steroid dienone is 1. The van der Waals surface area contributed by atoms with Crippen LogP contribution in [0.5, 0.6) is 0 Å². The van der Waals surface area contributed by atoms with Crippen LogP contribution < -0.4 is 0 Å². The lowest BCUT2D eigenvalue weighted by atomic mass is 10.00. The number of aliphatic hydroxyl groups is 2. The fraction of sp³-hybridized carbons (Fsp3) is 0.500. The summed E-state index contributed by atoms with van der Waals surface area (Å²) in [6.45, 7) is 4.55. The van der Waals surface area contributed by atoms with E-state index in [9.17, 15) is 9.90 Å². The van der Waals surface area contributed by atoms with Crippen LogP contribution in [0.1, 0.15) is 19.8 Å². The van der Waals surface area contributed by atoms with Gasteiger partial charge in [-0.1, -0.05) is 12.2 Å². The SMILES string of the molecule is C=CC(C)(O)CCC=C(CO)C(=O)O. The molecule has 0 saturated heterocycles. The van der Waals surface area contributed by atoms with Crippen molar-refractivity contribution in [2.75, 3.05) is 6.61 Å². The first-order valence-electron chi connectivity index (χ1n) is 4.32. The van der Waals surface area contributed by atoms with Gasteiger partial charge in [0.1, 0.15) is 0 Å². The lowest BCUT2D eigenvalue weighted by Gasteiger charge is -2.16. The fourth-order valence-electron chi connectivity index (χ4n) is 0.860. The van der Waals surface area contributed by atoms with Gasteiger partial charge in [0.15, 0.2) is 0 Å². The Morgan fingerprint density at radius 2 is 2.14 bits per heavy atom. The Labute approximate surface area is 83.2 Å². The molecule has 0 aliphatic rings. The molecule has 0 aromatic rings. The van der Waals surface area contributed by atoms with Crippen LogP contribution in [0.4, 0.5) is 0 Å². The Morgan fingerprint density at radius 1 is 1.57 bits per heavy atom. The molecule has 0 aliphatic carbocycles. The average molecular weight is 200 g/mol. The number of aliphatic hydroxyl groups excluding tert-OH is 1. The maximum atomic E-state index is 10.4. The van der Waals surface area contributed by atoms with Gasteiger partial charge in [0.05, 0.1) is 17.8 Å². The monoisotopic (exact) mass is 200 g/mol. The Hall–Kier alpha value is -1.13. The van der Waals surface area contributed by atoms with E-state index in [2.05, 4.69) is 6.58 Å². The first kappa shape index (κ1) is 12.9. The third-order valence-electron chi connectivity index (χ3n) is 1.93. The van der Waals surface area contributed by atoms with Crippen LogP contribution in [0.15, 0.2) is 24.3 Å². The van der Waals surface area contributed by atoms with Gasteiger partial charge in [0, 0.05) is 0 Å². The summed E-state index contributed by atoms with van der Waals surface area (Å²) in [6, 6.07) is 0. The van der Waals surface area contributed by atoms with Gasteiger partial charge in [-0.3, -0.25) is 0 Å². The molecule has 0 aromatic carbocycles. The third-order valence-corrected chi connectivity index (χ3v) is 1.93. The molecule has 0 rings (SSSR count). The van der Waals surface area contributed by atoms with Crippen molar-refractivity contribution in [1.29, 1.82) is 0 Å². The molecule has 0 amide bonds. The van der Waals surface area contributed by atoms with Crippen LogP contribution in [-0.2, 0) is 4.79 Å². The Bertz CT molecular complexity index is 241. The van der Waals surface area contributed by atoms with Gasteiger partial charge in [-0.15, -0.1) is 6.58 Å². The number of carbonyl (C=O) groups is 1. The quantitative estimate of drug-likeness (QED) is 0.436. The molecule has 80 valence electrons. The molecular formula is C10H16O4. The summed E-state index contributed by atoms with van der Waals surface area (Å²) < 4.78 is 0. The number of carboxylic acid groups (broad SMARTS) is 1. The van der Waals surface area contributed by atoms with Gasteiger partial charge in [-0.2, -0.15) is 0 Å². The molecule has 0 spiro atoms. The van der Waals surface area contributed by atoms with E-state index < -0.39 is 18.2 Å². The Balaban J connectivity index is 4.15. The highest BCUT2D eigenvalue weighted by atomic mass is 16.4. The second-order valence-electron chi connectivity index (χ2n) is 3.29. The minimum atomic E-state index is -1.13. The average Bonchev–Trinajstić information content (AvgIpc) is 2.12. The summed E-state index contributed by atoms with van der Waals surface area (Å²) in [5, 5.41) is 26.7. The molecule has 0 bridgehead atoms. The van der Waals surface area contributed by atoms with E-state index in [-0.39, 0.29) is 5.57 Å². The maximum absolute atomic E-state index is 10.4. The van der Waals surface area contributed by atoms with E-state index in [0.29, 0.717) is 12.8 Å². The van der Waals surface area contributed by atoms with E-state index >= 15 is 0 Å². The number of hydrogen-bond acceptors (Lipinski definition) is 3. The molecule has 0 radical (unpaired) electrons. The molecule has 0 saturated carbocycles. The van der Waals surface area contributed by atoms with E-state index in [1.54, 1.807) is 6.92 Å². The smallest absolute Gasteiger partial charge is 0.333 e. The molecule has 14 heavy (non-hydrogen) atoms. The van der Waals surface area contributed by atoms with E-state index in [1.165, 1.54) is 12.2 Å². The van der Waals surface area contributed by atoms with Crippen molar-refractivity contribution < 1.29 is 20.1 Å². The minimum absolute atomic E-state index is 0.0511. The molecule has 1 atom stereocenters. The van der Waals surface area contributed by atoms with Crippen LogP contribution in [0, 0.1) is 0 Å². The summed E-state index contributed by atoms with van der Waals surface area (Å²) in [5.41, 5.74) is -1.04. The van der Waals surface area contributed by atoms with Gasteiger partial charge < -0.3 is 15.3 Å². The van der Waals surface area contributed by atoms with E-state index in [0.717, 1.165) is 0 Å². The number of carboxylic acids is 1. The van der Waals surface area contributed by atoms with Crippen molar-refractivity contribution in [3.05, 3.63) is 24.3 Å². The first-order chi connectivity index (χ1) is 6.43. The second-order valence-corrected chi connectivity index (χ2v) is 3.29. The van der Waals surface area contributed by atoms with E-state index in [4.69, 9.17) is 10.2 Å². The number of aliphatic carboxylic acids is 1. The van der Waals surface area contributed by atoms with Crippen molar-refractivity contribution in [2.45, 2.75) is 25.4 Å². The maximum Gasteiger partial charge on any atom is 0.333 e. The molecule has 1 unspecified atom stereocenters. The standard InChI is InChI=1S/C10H16O4/c1-3-10(2,14)6-4-5-8(7-11)9(12)13/h3,5,11,14H,1,4,6-7H2,2H3,(H,12,13). The van der Waals surface area contributed by atoms with Gasteiger partial charge in [0.2, 0.25) is 0 Å². The van der Waals surface area contributed by atoms with Crippen LogP contribution in [0.2, 0.25) is 0 Å². The van der Waals surface area contributed by atoms with Crippen LogP contribution in [0.3, 0.4) is 0 Å². The molecule has 4 heteroatoms. The molecule has 0 heterocycles. The molecule has 0 fully saturated rings. The number of hydrogen-bond donors (Lipinski definition) is 3. The zero-order valence-corrected chi connectivity index (χ0v) is 8.23. The topological polar surface area (TPSA) is 77.8 Å². The third kappa shape index (κ3) is 4.79. The predicted molar refractivity (Wildman–Crippen MR) is 52.9 cm³/mol. The van der Waals surface area contributed by atoms with Crippen molar-refractivity contribution in [3.8, 4) is 0 Å². The summed E-state index contributed by atoms with van der Waals surface area (Å²) in [6.07, 6.45) is 3.58. The van der Waals surface area contributed by atoms with Crippen LogP contribution >= 0.6 is 0 Å². The zero-order chi connectivity index (χ0) is 11.2. The highest BCUT2D eigenvalue weighted by Gasteiger charge is 2.14. The van der Waals surface area contributed by atoms with Crippen molar-refractivity contribution >= 4 is 5.97 Å². The molecule has 3 N–H and O–H groups in total. The summed E-state index contributed by atoms with van der Waals surface area (Å²) in [5.74, 6) is -1.13. The van der Waals surface area contributed by atoms with Gasteiger partial charge in [-0.25, -0.2) is 4.79 Å². The predicted octanol–water partition coefficient (Wildman–Crippen LogP) is 0.707. The fourth-order valence-corrected chi connectivity index (χ4v) is 0.860. The van der Waals surface area contributed by atoms with E-state index in [1.807, 2.05) is 0 Å². The summed E-state index contributed by atoms with van der Waals surface area (Å²) in [7, 11) is 0. The van der Waals surface area contributed by atoms with Crippen LogP contribution in [-0.4, -0.2) is 33.5 Å². The largest absolute Gasteiger partial charge is 0.478 e. The normalized spacial score (nSPS) is 16.1. The van der Waals surface area contributed by atoms with Crippen LogP contribution in [0.25, 0.3) is 0 Å². The summed E-state index contributed by atoms with van der Waals surface area (Å²) >= 11 is 0. The van der Waals surface area contributed by atoms with Gasteiger partial charge >= 0.3 is 5.97 Å². The summed E-state index contributed by atoms with van der Waals surface area (Å²) in [4.78, 5) is 10.4. The number of rotatable bonds is 6. The highest BCUT2D eigenvalue weighted by molar-refractivity contribution is 5.86. The lowest BCUT2D eigenvalue weighted by molar-refractivity contribution is -0.133. The molecule has 0 aliphatic heterocycles. The van der Waals surface area contributed by atoms with Gasteiger partial charge in [-0.05, 0) is 19.8 Å². The van der Waals surface area contributed by atoms with Crippen molar-refractivity contribution in [1.82, 2.24) is 0 Å². The highest BCUT2D eigenvalue weighted by Crippen LogP contribution is 2.13. The first-order valence-corrected chi connectivity index (χ1v) is 4.32. The zero-order valence-electron chi connectivity index (χ0n) is 8.23. The Kier molecular flexibility index (Phi) is 5.12. The molecule has 4 nitrogen and oxygen atoms in total. The molecule has 0 aromatic heterocycles. The van der Waals surface area contributed by atoms with Crippen molar-refractivity contribution in [2.24, 2.45) is 0 Å². The van der Waals surface area contributed by atoms with Crippen molar-refractivity contribution in [3.63, 3.8) is 0 Å². The molecular weight excluding hydrogens is 184 g/mol. The lowest BCUT2D eigenvalue weighted by Crippen LogP contribution is -2.19. The second kappa shape index (κ2) is 5.57. The van der Waals surface area contributed by atoms with Gasteiger partial charge in [0.25, 0.3) is 0 Å².